The average Bonchev–Trinajstić information content (AvgIpc) is 2.42. The summed E-state index contributed by atoms with van der Waals surface area (Å²) in [5.74, 6) is -0.111. The summed E-state index contributed by atoms with van der Waals surface area (Å²) in [6.45, 7) is 0. The quantitative estimate of drug-likeness (QED) is 0.683. The molecule has 1 heterocycles. The zero-order valence-corrected chi connectivity index (χ0v) is 14.2. The normalized spacial score (nSPS) is 17.6. The Labute approximate surface area is 139 Å². The van der Waals surface area contributed by atoms with Gasteiger partial charge in [0.2, 0.25) is 0 Å². The van der Waals surface area contributed by atoms with Gasteiger partial charge in [-0.15, -0.1) is 12.6 Å². The fourth-order valence-electron chi connectivity index (χ4n) is 2.23. The van der Waals surface area contributed by atoms with Crippen molar-refractivity contribution in [1.29, 1.82) is 0 Å². The van der Waals surface area contributed by atoms with E-state index in [1.165, 1.54) is 0 Å². The molecule has 6 heteroatoms. The van der Waals surface area contributed by atoms with Gasteiger partial charge in [0, 0.05) is 8.95 Å². The largest absolute Gasteiger partial charge is 0.323 e. The van der Waals surface area contributed by atoms with E-state index in [-0.39, 0.29) is 5.91 Å². The Balaban J connectivity index is 2.23. The number of benzene rings is 2. The van der Waals surface area contributed by atoms with Crippen molar-refractivity contribution in [2.45, 2.75) is 5.50 Å². The van der Waals surface area contributed by atoms with Gasteiger partial charge in [-0.25, -0.2) is 0 Å². The summed E-state index contributed by atoms with van der Waals surface area (Å²) in [6, 6.07) is 13.4. The predicted octanol–water partition coefficient (Wildman–Crippen LogP) is 4.31. The maximum absolute atomic E-state index is 12.0. The van der Waals surface area contributed by atoms with Gasteiger partial charge in [0.25, 0.3) is 5.91 Å². The van der Waals surface area contributed by atoms with Crippen LogP contribution in [-0.4, -0.2) is 11.4 Å². The minimum absolute atomic E-state index is 0.111. The predicted molar refractivity (Wildman–Crippen MR) is 90.7 cm³/mol. The Kier molecular flexibility index (Phi) is 3.79. The van der Waals surface area contributed by atoms with Gasteiger partial charge in [0.1, 0.15) is 0 Å². The summed E-state index contributed by atoms with van der Waals surface area (Å²) >= 11 is 11.6. The fourth-order valence-corrected chi connectivity index (χ4v) is 3.97. The molecular weight excluding hydrogens is 404 g/mol. The second-order valence-corrected chi connectivity index (χ2v) is 6.50. The van der Waals surface area contributed by atoms with E-state index in [0.29, 0.717) is 5.56 Å². The molecule has 1 atom stereocenters. The maximum atomic E-state index is 12.0. The highest BCUT2D eigenvalue weighted by Crippen LogP contribution is 2.42. The lowest BCUT2D eigenvalue weighted by molar-refractivity contribution is 0.0945. The van der Waals surface area contributed by atoms with Crippen LogP contribution in [0.2, 0.25) is 0 Å². The highest BCUT2D eigenvalue weighted by molar-refractivity contribution is 9.11. The van der Waals surface area contributed by atoms with Crippen molar-refractivity contribution in [3.8, 4) is 0 Å². The molecule has 0 saturated heterocycles. The van der Waals surface area contributed by atoms with Gasteiger partial charge in [-0.2, -0.15) is 0 Å². The molecule has 20 heavy (non-hydrogen) atoms. The molecule has 102 valence electrons. The van der Waals surface area contributed by atoms with Crippen LogP contribution in [0.3, 0.4) is 0 Å². The molecular formula is C14H10Br2N2OS. The molecule has 1 unspecified atom stereocenters. The van der Waals surface area contributed by atoms with E-state index in [2.05, 4.69) is 49.8 Å². The topological polar surface area (TPSA) is 32.3 Å². The Hall–Kier alpha value is -0.980. The second-order valence-electron chi connectivity index (χ2n) is 4.30. The number of nitrogens with zero attached hydrogens (tertiary/aromatic N) is 1. The van der Waals surface area contributed by atoms with E-state index in [0.717, 1.165) is 20.3 Å². The first-order valence-corrected chi connectivity index (χ1v) is 8.01. The summed E-state index contributed by atoms with van der Waals surface area (Å²) in [5, 5.41) is 2.85. The number of hydrogen-bond acceptors (Lipinski definition) is 3. The second kappa shape index (κ2) is 5.42. The van der Waals surface area contributed by atoms with Gasteiger partial charge < -0.3 is 10.2 Å². The molecule has 0 aliphatic carbocycles. The molecule has 3 rings (SSSR count). The summed E-state index contributed by atoms with van der Waals surface area (Å²) < 4.78 is 1.86. The van der Waals surface area contributed by atoms with E-state index in [9.17, 15) is 4.79 Å². The van der Waals surface area contributed by atoms with Crippen LogP contribution in [-0.2, 0) is 0 Å². The Morgan fingerprint density at radius 1 is 1.05 bits per heavy atom. The van der Waals surface area contributed by atoms with Crippen molar-refractivity contribution in [1.82, 2.24) is 5.32 Å². The highest BCUT2D eigenvalue weighted by atomic mass is 79.9. The molecule has 0 radical (unpaired) electrons. The number of nitrogens with one attached hydrogen (secondary N) is 1. The standard InChI is InChI=1S/C14H10Br2N2OS/c15-9-5-3-6-10(16)12(9)18-11-7-2-1-4-8(11)13(19)17-14(18)20/h1-7,14,20H,(H,17,19). The molecule has 0 bridgehead atoms. The lowest BCUT2D eigenvalue weighted by Gasteiger charge is -2.37. The first-order valence-electron chi connectivity index (χ1n) is 5.91. The number of hydrogen-bond donors (Lipinski definition) is 2. The molecule has 0 fully saturated rings. The third kappa shape index (κ3) is 2.25. The lowest BCUT2D eigenvalue weighted by atomic mass is 10.1. The van der Waals surface area contributed by atoms with Crippen molar-refractivity contribution in [2.24, 2.45) is 0 Å². The van der Waals surface area contributed by atoms with Crippen molar-refractivity contribution in [2.75, 3.05) is 4.90 Å². The highest BCUT2D eigenvalue weighted by Gasteiger charge is 2.31. The van der Waals surface area contributed by atoms with E-state index in [1.807, 2.05) is 47.4 Å². The van der Waals surface area contributed by atoms with Crippen LogP contribution in [0.15, 0.2) is 51.4 Å². The zero-order chi connectivity index (χ0) is 14.3. The summed E-state index contributed by atoms with van der Waals surface area (Å²) in [5.41, 5.74) is 1.98. The van der Waals surface area contributed by atoms with E-state index in [1.54, 1.807) is 0 Å². The van der Waals surface area contributed by atoms with Crippen LogP contribution in [0.4, 0.5) is 11.4 Å². The number of para-hydroxylation sites is 2. The van der Waals surface area contributed by atoms with Crippen LogP contribution in [0.25, 0.3) is 0 Å². The first-order chi connectivity index (χ1) is 9.59. The first kappa shape index (κ1) is 14.0. The van der Waals surface area contributed by atoms with Crippen LogP contribution >= 0.6 is 44.5 Å². The van der Waals surface area contributed by atoms with Gasteiger partial charge in [-0.3, -0.25) is 4.79 Å². The molecule has 0 aromatic heterocycles. The fraction of sp³-hybridized carbons (Fsp3) is 0.0714. The van der Waals surface area contributed by atoms with E-state index >= 15 is 0 Å². The minimum atomic E-state index is -0.424. The summed E-state index contributed by atoms with van der Waals surface area (Å²) in [4.78, 5) is 14.0. The number of carbonyl (C=O) groups excluding carboxylic acids is 1. The van der Waals surface area contributed by atoms with Crippen molar-refractivity contribution < 1.29 is 4.79 Å². The van der Waals surface area contributed by atoms with Crippen LogP contribution in [0.5, 0.6) is 0 Å². The van der Waals surface area contributed by atoms with Gasteiger partial charge in [0.15, 0.2) is 5.50 Å². The average molecular weight is 414 g/mol. The van der Waals surface area contributed by atoms with Crippen LogP contribution in [0, 0.1) is 0 Å². The Morgan fingerprint density at radius 3 is 2.40 bits per heavy atom. The monoisotopic (exact) mass is 412 g/mol. The van der Waals surface area contributed by atoms with E-state index in [4.69, 9.17) is 0 Å². The molecule has 2 aromatic rings. The lowest BCUT2D eigenvalue weighted by Crippen LogP contribution is -2.47. The number of carbonyl (C=O) groups is 1. The van der Waals surface area contributed by atoms with Gasteiger partial charge in [-0.1, -0.05) is 18.2 Å². The number of rotatable bonds is 1. The van der Waals surface area contributed by atoms with Crippen LogP contribution in [0.1, 0.15) is 10.4 Å². The zero-order valence-electron chi connectivity index (χ0n) is 10.2. The van der Waals surface area contributed by atoms with Crippen molar-refractivity contribution in [3.63, 3.8) is 0 Å². The SMILES string of the molecule is O=C1NC(S)N(c2c(Br)cccc2Br)c2ccccc21. The number of fused-ring (bicyclic) bond motifs is 1. The number of anilines is 2. The molecule has 1 amide bonds. The van der Waals surface area contributed by atoms with Crippen LogP contribution < -0.4 is 10.2 Å². The third-order valence-corrected chi connectivity index (χ3v) is 4.73. The minimum Gasteiger partial charge on any atom is -0.323 e. The van der Waals surface area contributed by atoms with Gasteiger partial charge in [-0.05, 0) is 56.1 Å². The molecule has 0 spiro atoms. The molecule has 1 aliphatic heterocycles. The number of halogens is 2. The molecule has 1 aliphatic rings. The molecule has 3 nitrogen and oxygen atoms in total. The third-order valence-electron chi connectivity index (χ3n) is 3.09. The Bertz CT molecular complexity index is 672. The summed E-state index contributed by atoms with van der Waals surface area (Å²) in [6.07, 6.45) is 0. The number of thiol groups is 1. The molecule has 0 saturated carbocycles. The van der Waals surface area contributed by atoms with Crippen molar-refractivity contribution >= 4 is 61.8 Å². The van der Waals surface area contributed by atoms with Gasteiger partial charge >= 0.3 is 0 Å². The van der Waals surface area contributed by atoms with Crippen molar-refractivity contribution in [3.05, 3.63) is 57.0 Å². The smallest absolute Gasteiger partial charge is 0.255 e. The van der Waals surface area contributed by atoms with E-state index < -0.39 is 5.50 Å². The molecule has 2 aromatic carbocycles. The summed E-state index contributed by atoms with van der Waals surface area (Å²) in [7, 11) is 0. The van der Waals surface area contributed by atoms with Gasteiger partial charge in [0.05, 0.1) is 16.9 Å². The molecule has 1 N–H and O–H groups in total. The number of amides is 1. The Morgan fingerprint density at radius 2 is 1.70 bits per heavy atom. The maximum Gasteiger partial charge on any atom is 0.255 e.